The van der Waals surface area contributed by atoms with Crippen LogP contribution in [0.1, 0.15) is 12.8 Å². The highest BCUT2D eigenvalue weighted by molar-refractivity contribution is 7.89. The van der Waals surface area contributed by atoms with E-state index in [1.807, 2.05) is 24.3 Å². The van der Waals surface area contributed by atoms with Crippen molar-refractivity contribution in [2.24, 2.45) is 0 Å². The van der Waals surface area contributed by atoms with Crippen LogP contribution in [-0.4, -0.2) is 57.5 Å². The molecule has 4 rings (SSSR count). The summed E-state index contributed by atoms with van der Waals surface area (Å²) in [5.41, 5.74) is 1.67. The molecule has 0 aliphatic carbocycles. The van der Waals surface area contributed by atoms with Crippen LogP contribution in [0.15, 0.2) is 53.4 Å². The lowest BCUT2D eigenvalue weighted by molar-refractivity contribution is -0.119. The minimum atomic E-state index is -3.88. The van der Waals surface area contributed by atoms with Crippen molar-refractivity contribution in [3.63, 3.8) is 0 Å². The van der Waals surface area contributed by atoms with E-state index in [1.165, 1.54) is 16.4 Å². The van der Waals surface area contributed by atoms with Crippen LogP contribution in [0.25, 0.3) is 0 Å². The first kappa shape index (κ1) is 20.8. The Kier molecular flexibility index (Phi) is 6.03. The second-order valence-corrected chi connectivity index (χ2v) is 9.25. The zero-order valence-corrected chi connectivity index (χ0v) is 17.3. The second kappa shape index (κ2) is 8.71. The number of amides is 1. The summed E-state index contributed by atoms with van der Waals surface area (Å²) >= 11 is 0. The fourth-order valence-electron chi connectivity index (χ4n) is 3.83. The summed E-state index contributed by atoms with van der Waals surface area (Å²) in [6, 6.07) is 11.4. The van der Waals surface area contributed by atoms with Crippen molar-refractivity contribution in [1.29, 1.82) is 0 Å². The van der Waals surface area contributed by atoms with Crippen molar-refractivity contribution in [2.75, 3.05) is 43.1 Å². The summed E-state index contributed by atoms with van der Waals surface area (Å²) in [5, 5.41) is 2.83. The molecule has 30 heavy (non-hydrogen) atoms. The van der Waals surface area contributed by atoms with Crippen molar-refractivity contribution in [1.82, 2.24) is 4.31 Å². The average molecular weight is 434 g/mol. The Labute approximate surface area is 175 Å². The quantitative estimate of drug-likeness (QED) is 0.784. The van der Waals surface area contributed by atoms with Gasteiger partial charge in [0, 0.05) is 31.0 Å². The minimum absolute atomic E-state index is 0.0153. The summed E-state index contributed by atoms with van der Waals surface area (Å²) in [6.07, 6.45) is 1.03. The molecule has 2 heterocycles. The second-order valence-electron chi connectivity index (χ2n) is 7.36. The molecular weight excluding hydrogens is 409 g/mol. The summed E-state index contributed by atoms with van der Waals surface area (Å²) in [7, 11) is -3.88. The number of sulfonamides is 1. The molecule has 2 aliphatic rings. The van der Waals surface area contributed by atoms with Gasteiger partial charge < -0.3 is 15.0 Å². The number of hydrogen-bond acceptors (Lipinski definition) is 5. The number of halogens is 1. The van der Waals surface area contributed by atoms with Crippen molar-refractivity contribution >= 4 is 27.3 Å². The number of carbonyl (C=O) groups excluding carboxylic acids is 1. The molecule has 1 unspecified atom stereocenters. The van der Waals surface area contributed by atoms with Crippen molar-refractivity contribution in [3.8, 4) is 0 Å². The largest absolute Gasteiger partial charge is 0.378 e. The molecule has 0 radical (unpaired) electrons. The summed E-state index contributed by atoms with van der Waals surface area (Å²) in [6.45, 7) is 3.29. The highest BCUT2D eigenvalue weighted by Crippen LogP contribution is 2.27. The lowest BCUT2D eigenvalue weighted by Gasteiger charge is -2.29. The fraction of sp³-hybridized carbons (Fsp3) is 0.381. The Balaban J connectivity index is 1.45. The molecule has 0 spiro atoms. The maximum absolute atomic E-state index is 13.2. The van der Waals surface area contributed by atoms with Crippen LogP contribution in [0, 0.1) is 5.82 Å². The van der Waals surface area contributed by atoms with Crippen LogP contribution in [0.3, 0.4) is 0 Å². The number of nitrogens with zero attached hydrogens (tertiary/aromatic N) is 2. The van der Waals surface area contributed by atoms with E-state index in [4.69, 9.17) is 4.74 Å². The van der Waals surface area contributed by atoms with Gasteiger partial charge in [-0.3, -0.25) is 4.79 Å². The maximum atomic E-state index is 13.2. The number of rotatable bonds is 5. The van der Waals surface area contributed by atoms with Gasteiger partial charge in [-0.15, -0.1) is 0 Å². The zero-order valence-electron chi connectivity index (χ0n) is 16.5. The van der Waals surface area contributed by atoms with Crippen molar-refractivity contribution in [2.45, 2.75) is 23.8 Å². The molecule has 1 amide bonds. The highest BCUT2D eigenvalue weighted by Gasteiger charge is 2.39. The molecule has 2 aromatic rings. The number of hydrogen-bond donors (Lipinski definition) is 1. The molecule has 1 N–H and O–H groups in total. The van der Waals surface area contributed by atoms with E-state index in [9.17, 15) is 17.6 Å². The monoisotopic (exact) mass is 433 g/mol. The molecule has 2 aliphatic heterocycles. The van der Waals surface area contributed by atoms with Gasteiger partial charge >= 0.3 is 0 Å². The van der Waals surface area contributed by atoms with Crippen molar-refractivity contribution < 1.29 is 22.3 Å². The Morgan fingerprint density at radius 2 is 1.67 bits per heavy atom. The third kappa shape index (κ3) is 4.33. The van der Waals surface area contributed by atoms with Gasteiger partial charge in [0.15, 0.2) is 0 Å². The van der Waals surface area contributed by atoms with Gasteiger partial charge in [0.05, 0.1) is 18.1 Å². The molecule has 9 heteroatoms. The summed E-state index contributed by atoms with van der Waals surface area (Å²) in [4.78, 5) is 15.0. The number of anilines is 2. The molecule has 2 aromatic carbocycles. The van der Waals surface area contributed by atoms with Gasteiger partial charge in [0.2, 0.25) is 15.9 Å². The molecule has 0 aromatic heterocycles. The third-order valence-electron chi connectivity index (χ3n) is 5.44. The van der Waals surface area contributed by atoms with Crippen LogP contribution in [0.4, 0.5) is 15.8 Å². The highest BCUT2D eigenvalue weighted by atomic mass is 32.2. The van der Waals surface area contributed by atoms with Crippen LogP contribution in [0.2, 0.25) is 0 Å². The van der Waals surface area contributed by atoms with Gasteiger partial charge in [0.25, 0.3) is 0 Å². The Morgan fingerprint density at radius 3 is 2.33 bits per heavy atom. The van der Waals surface area contributed by atoms with E-state index in [0.717, 1.165) is 30.9 Å². The van der Waals surface area contributed by atoms with E-state index < -0.39 is 21.9 Å². The smallest absolute Gasteiger partial charge is 0.243 e. The van der Waals surface area contributed by atoms with Crippen LogP contribution >= 0.6 is 0 Å². The third-order valence-corrected chi connectivity index (χ3v) is 7.36. The lowest BCUT2D eigenvalue weighted by atomic mass is 10.2. The minimum Gasteiger partial charge on any atom is -0.378 e. The van der Waals surface area contributed by atoms with Gasteiger partial charge in [-0.2, -0.15) is 4.31 Å². The molecule has 0 bridgehead atoms. The summed E-state index contributed by atoms with van der Waals surface area (Å²) in [5.74, 6) is -0.873. The van der Waals surface area contributed by atoms with Gasteiger partial charge in [-0.05, 0) is 61.4 Å². The van der Waals surface area contributed by atoms with Crippen LogP contribution < -0.4 is 10.2 Å². The first-order valence-corrected chi connectivity index (χ1v) is 11.4. The molecule has 160 valence electrons. The molecule has 1 atom stereocenters. The number of nitrogens with one attached hydrogen (secondary N) is 1. The molecule has 2 fully saturated rings. The predicted molar refractivity (Wildman–Crippen MR) is 111 cm³/mol. The first-order chi connectivity index (χ1) is 14.4. The molecular formula is C21H24FN3O4S. The zero-order chi connectivity index (χ0) is 21.1. The first-order valence-electron chi connectivity index (χ1n) is 9.96. The Bertz CT molecular complexity index is 990. The predicted octanol–water partition coefficient (Wildman–Crippen LogP) is 2.45. The Morgan fingerprint density at radius 1 is 1.00 bits per heavy atom. The maximum Gasteiger partial charge on any atom is 0.243 e. The normalized spacial score (nSPS) is 20.3. The molecule has 2 saturated heterocycles. The van der Waals surface area contributed by atoms with Gasteiger partial charge in [-0.25, -0.2) is 12.8 Å². The van der Waals surface area contributed by atoms with Gasteiger partial charge in [-0.1, -0.05) is 0 Å². The van der Waals surface area contributed by atoms with Crippen LogP contribution in [0.5, 0.6) is 0 Å². The Hall–Kier alpha value is -2.49. The number of ether oxygens (including phenoxy) is 1. The van der Waals surface area contributed by atoms with E-state index in [-0.39, 0.29) is 17.3 Å². The van der Waals surface area contributed by atoms with E-state index in [0.29, 0.717) is 31.7 Å². The lowest BCUT2D eigenvalue weighted by Crippen LogP contribution is -2.43. The standard InChI is InChI=1S/C21H24FN3O4S/c22-16-3-9-19(10-4-16)30(27,28)25-11-1-2-20(25)21(26)23-17-5-7-18(8-6-17)24-12-14-29-15-13-24/h3-10,20H,1-2,11-15H2,(H,23,26). The van der Waals surface area contributed by atoms with Crippen molar-refractivity contribution in [3.05, 3.63) is 54.3 Å². The van der Waals surface area contributed by atoms with E-state index in [1.54, 1.807) is 0 Å². The molecule has 7 nitrogen and oxygen atoms in total. The van der Waals surface area contributed by atoms with Gasteiger partial charge in [0.1, 0.15) is 11.9 Å². The molecule has 0 saturated carbocycles. The SMILES string of the molecule is O=C(Nc1ccc(N2CCOCC2)cc1)C1CCCN1S(=O)(=O)c1ccc(F)cc1. The topological polar surface area (TPSA) is 79.0 Å². The van der Waals surface area contributed by atoms with E-state index in [2.05, 4.69) is 10.2 Å². The number of morpholine rings is 1. The summed E-state index contributed by atoms with van der Waals surface area (Å²) < 4.78 is 45.6. The van der Waals surface area contributed by atoms with E-state index >= 15 is 0 Å². The van der Waals surface area contributed by atoms with Crippen LogP contribution in [-0.2, 0) is 19.6 Å². The average Bonchev–Trinajstić information content (AvgIpc) is 3.26. The fourth-order valence-corrected chi connectivity index (χ4v) is 5.49. The number of benzene rings is 2. The number of carbonyl (C=O) groups is 1.